The SMILES string of the molecule is CCNC(=NCc1cccc(NC(=O)C(C)CC)c1)N(C)Cc1csc(C)n1. The zero-order valence-corrected chi connectivity index (χ0v) is 18.3. The Bertz CT molecular complexity index is 802. The molecule has 0 aliphatic rings. The van der Waals surface area contributed by atoms with Crippen LogP contribution in [0.2, 0.25) is 0 Å². The van der Waals surface area contributed by atoms with Crippen LogP contribution in [0, 0.1) is 12.8 Å². The van der Waals surface area contributed by atoms with E-state index in [0.29, 0.717) is 13.1 Å². The van der Waals surface area contributed by atoms with Gasteiger partial charge in [0.05, 0.1) is 23.8 Å². The largest absolute Gasteiger partial charge is 0.357 e. The molecule has 6 nitrogen and oxygen atoms in total. The predicted molar refractivity (Wildman–Crippen MR) is 118 cm³/mol. The fourth-order valence-corrected chi connectivity index (χ4v) is 3.24. The van der Waals surface area contributed by atoms with E-state index in [1.807, 2.05) is 52.1 Å². The van der Waals surface area contributed by atoms with Crippen molar-refractivity contribution < 1.29 is 4.79 Å². The molecule has 0 bridgehead atoms. The number of hydrogen-bond acceptors (Lipinski definition) is 4. The van der Waals surface area contributed by atoms with Gasteiger partial charge in [0.15, 0.2) is 5.96 Å². The standard InChI is InChI=1S/C21H31N5OS/c1-6-15(3)20(27)25-18-10-8-9-17(11-18)12-23-21(22-7-2)26(5)13-19-14-28-16(4)24-19/h8-11,14-15H,6-7,12-13H2,1-5H3,(H,22,23)(H,25,27). The van der Waals surface area contributed by atoms with Gasteiger partial charge >= 0.3 is 0 Å². The van der Waals surface area contributed by atoms with Crippen LogP contribution < -0.4 is 10.6 Å². The van der Waals surface area contributed by atoms with Gasteiger partial charge in [-0.05, 0) is 38.0 Å². The van der Waals surface area contributed by atoms with E-state index in [1.54, 1.807) is 11.3 Å². The molecule has 2 aromatic rings. The fourth-order valence-electron chi connectivity index (χ4n) is 2.63. The molecule has 1 amide bonds. The van der Waals surface area contributed by atoms with Crippen LogP contribution in [0.1, 0.15) is 43.5 Å². The number of carbonyl (C=O) groups is 1. The predicted octanol–water partition coefficient (Wildman–Crippen LogP) is 4.03. The quantitative estimate of drug-likeness (QED) is 0.517. The van der Waals surface area contributed by atoms with Crippen molar-refractivity contribution in [3.05, 3.63) is 45.9 Å². The maximum atomic E-state index is 12.1. The lowest BCUT2D eigenvalue weighted by atomic mass is 10.1. The fraction of sp³-hybridized carbons (Fsp3) is 0.476. The molecular weight excluding hydrogens is 370 g/mol. The van der Waals surface area contributed by atoms with Crippen LogP contribution in [0.15, 0.2) is 34.6 Å². The lowest BCUT2D eigenvalue weighted by molar-refractivity contribution is -0.119. The lowest BCUT2D eigenvalue weighted by Crippen LogP contribution is -2.38. The third kappa shape index (κ3) is 6.64. The van der Waals surface area contributed by atoms with Gasteiger partial charge in [0.25, 0.3) is 0 Å². The summed E-state index contributed by atoms with van der Waals surface area (Å²) in [6.45, 7) is 10.1. The van der Waals surface area contributed by atoms with Crippen molar-refractivity contribution in [2.24, 2.45) is 10.9 Å². The van der Waals surface area contributed by atoms with Crippen molar-refractivity contribution in [1.29, 1.82) is 0 Å². The van der Waals surface area contributed by atoms with E-state index in [1.165, 1.54) is 0 Å². The van der Waals surface area contributed by atoms with Crippen LogP contribution in [0.25, 0.3) is 0 Å². The van der Waals surface area contributed by atoms with Gasteiger partial charge in [-0.2, -0.15) is 0 Å². The van der Waals surface area contributed by atoms with Crippen molar-refractivity contribution >= 4 is 28.9 Å². The van der Waals surface area contributed by atoms with Gasteiger partial charge in [0, 0.05) is 30.6 Å². The first-order chi connectivity index (χ1) is 13.4. The van der Waals surface area contributed by atoms with Crippen molar-refractivity contribution in [2.75, 3.05) is 18.9 Å². The van der Waals surface area contributed by atoms with E-state index in [9.17, 15) is 4.79 Å². The number of guanidine groups is 1. The van der Waals surface area contributed by atoms with Crippen LogP contribution in [-0.2, 0) is 17.9 Å². The lowest BCUT2D eigenvalue weighted by Gasteiger charge is -2.21. The minimum absolute atomic E-state index is 0.00466. The van der Waals surface area contributed by atoms with E-state index in [2.05, 4.69) is 32.8 Å². The summed E-state index contributed by atoms with van der Waals surface area (Å²) in [7, 11) is 2.01. The van der Waals surface area contributed by atoms with E-state index in [-0.39, 0.29) is 11.8 Å². The molecule has 0 saturated carbocycles. The summed E-state index contributed by atoms with van der Waals surface area (Å²) in [4.78, 5) is 23.5. The Kier molecular flexibility index (Phi) is 8.44. The molecule has 0 spiro atoms. The number of carbonyl (C=O) groups excluding carboxylic acids is 1. The van der Waals surface area contributed by atoms with E-state index in [4.69, 9.17) is 4.99 Å². The van der Waals surface area contributed by atoms with Gasteiger partial charge in [0.2, 0.25) is 5.91 Å². The summed E-state index contributed by atoms with van der Waals surface area (Å²) in [6, 6.07) is 7.87. The highest BCUT2D eigenvalue weighted by atomic mass is 32.1. The van der Waals surface area contributed by atoms with Crippen molar-refractivity contribution in [1.82, 2.24) is 15.2 Å². The average Bonchev–Trinajstić information content (AvgIpc) is 3.09. The first kappa shape index (κ1) is 21.9. The van der Waals surface area contributed by atoms with Crippen molar-refractivity contribution in [3.8, 4) is 0 Å². The van der Waals surface area contributed by atoms with E-state index < -0.39 is 0 Å². The smallest absolute Gasteiger partial charge is 0.227 e. The summed E-state index contributed by atoms with van der Waals surface area (Å²) in [5.41, 5.74) is 2.91. The van der Waals surface area contributed by atoms with Gasteiger partial charge in [-0.15, -0.1) is 11.3 Å². The van der Waals surface area contributed by atoms with Gasteiger partial charge < -0.3 is 15.5 Å². The Morgan fingerprint density at radius 3 is 2.79 bits per heavy atom. The molecule has 0 saturated heterocycles. The average molecular weight is 402 g/mol. The van der Waals surface area contributed by atoms with Crippen LogP contribution in [0.5, 0.6) is 0 Å². The van der Waals surface area contributed by atoms with Gasteiger partial charge in [0.1, 0.15) is 0 Å². The number of hydrogen-bond donors (Lipinski definition) is 2. The molecule has 7 heteroatoms. The van der Waals surface area contributed by atoms with Crippen LogP contribution in [0.3, 0.4) is 0 Å². The summed E-state index contributed by atoms with van der Waals surface area (Å²) >= 11 is 1.66. The van der Waals surface area contributed by atoms with Crippen LogP contribution in [0.4, 0.5) is 5.69 Å². The van der Waals surface area contributed by atoms with Crippen LogP contribution in [-0.4, -0.2) is 35.3 Å². The molecular formula is C21H31N5OS. The molecule has 1 aromatic heterocycles. The zero-order valence-electron chi connectivity index (χ0n) is 17.5. The van der Waals surface area contributed by atoms with Crippen molar-refractivity contribution in [3.63, 3.8) is 0 Å². The molecule has 2 rings (SSSR count). The molecule has 1 unspecified atom stereocenters. The Morgan fingerprint density at radius 2 is 2.14 bits per heavy atom. The topological polar surface area (TPSA) is 69.6 Å². The summed E-state index contributed by atoms with van der Waals surface area (Å²) in [5, 5.41) is 9.47. The Labute approximate surface area is 172 Å². The van der Waals surface area contributed by atoms with Crippen LogP contribution >= 0.6 is 11.3 Å². The maximum Gasteiger partial charge on any atom is 0.227 e. The second-order valence-corrected chi connectivity index (χ2v) is 7.95. The monoisotopic (exact) mass is 401 g/mol. The number of aliphatic imine (C=N–C) groups is 1. The molecule has 1 atom stereocenters. The highest BCUT2D eigenvalue weighted by Gasteiger charge is 2.11. The number of thiazole rings is 1. The number of nitrogens with zero attached hydrogens (tertiary/aromatic N) is 3. The number of nitrogens with one attached hydrogen (secondary N) is 2. The Balaban J connectivity index is 2.05. The number of aromatic nitrogens is 1. The number of benzene rings is 1. The van der Waals surface area contributed by atoms with Gasteiger partial charge in [-0.25, -0.2) is 9.98 Å². The van der Waals surface area contributed by atoms with Gasteiger partial charge in [-0.1, -0.05) is 26.0 Å². The molecule has 2 N–H and O–H groups in total. The first-order valence-electron chi connectivity index (χ1n) is 9.73. The molecule has 0 aliphatic carbocycles. The minimum atomic E-state index is 0.00466. The normalized spacial score (nSPS) is 12.5. The van der Waals surface area contributed by atoms with Gasteiger partial charge in [-0.3, -0.25) is 4.79 Å². The highest BCUT2D eigenvalue weighted by Crippen LogP contribution is 2.14. The molecule has 152 valence electrons. The molecule has 0 radical (unpaired) electrons. The number of amides is 1. The molecule has 0 fully saturated rings. The van der Waals surface area contributed by atoms with E-state index >= 15 is 0 Å². The molecule has 1 heterocycles. The Hall–Kier alpha value is -2.41. The third-order valence-electron chi connectivity index (χ3n) is 4.43. The second-order valence-electron chi connectivity index (χ2n) is 6.88. The van der Waals surface area contributed by atoms with Crippen molar-refractivity contribution in [2.45, 2.75) is 47.2 Å². The molecule has 1 aromatic carbocycles. The first-order valence-corrected chi connectivity index (χ1v) is 10.6. The minimum Gasteiger partial charge on any atom is -0.357 e. The maximum absolute atomic E-state index is 12.1. The van der Waals surface area contributed by atoms with E-state index in [0.717, 1.165) is 40.9 Å². The summed E-state index contributed by atoms with van der Waals surface area (Å²) < 4.78 is 0. The molecule has 0 aliphatic heterocycles. The number of aryl methyl sites for hydroxylation is 1. The summed E-state index contributed by atoms with van der Waals surface area (Å²) in [6.07, 6.45) is 0.826. The third-order valence-corrected chi connectivity index (χ3v) is 5.25. The zero-order chi connectivity index (χ0) is 20.5. The second kappa shape index (κ2) is 10.8. The number of anilines is 1. The molecule has 28 heavy (non-hydrogen) atoms. The highest BCUT2D eigenvalue weighted by molar-refractivity contribution is 7.09. The Morgan fingerprint density at radius 1 is 1.36 bits per heavy atom. The summed E-state index contributed by atoms with van der Waals surface area (Å²) in [5.74, 6) is 0.891. The number of rotatable bonds is 8.